The van der Waals surface area contributed by atoms with Gasteiger partial charge in [0, 0.05) is 72.0 Å². The zero-order valence-corrected chi connectivity index (χ0v) is 60.6. The van der Waals surface area contributed by atoms with Crippen molar-refractivity contribution < 1.29 is 52.3 Å². The van der Waals surface area contributed by atoms with Crippen molar-refractivity contribution in [1.82, 2.24) is 41.9 Å². The summed E-state index contributed by atoms with van der Waals surface area (Å²) in [6, 6.07) is 60.7. The van der Waals surface area contributed by atoms with Crippen molar-refractivity contribution in [2.45, 2.75) is 92.2 Å². The maximum Gasteiger partial charge on any atom is 0.426 e. The largest absolute Gasteiger partial charge is 0.486 e. The number of hydrazine groups is 1. The van der Waals surface area contributed by atoms with Crippen LogP contribution in [0.1, 0.15) is 101 Å². The van der Waals surface area contributed by atoms with Crippen LogP contribution in [0.3, 0.4) is 0 Å². The van der Waals surface area contributed by atoms with Crippen LogP contribution in [0.15, 0.2) is 242 Å². The molecule has 0 saturated heterocycles. The molecule has 12 N–H and O–H groups in total. The summed E-state index contributed by atoms with van der Waals surface area (Å²) in [6.45, 7) is 21.9. The molecule has 7 aromatic carbocycles. The number of nitrogens with zero attached hydrogens (tertiary/aromatic N) is 2. The molecule has 7 aromatic rings. The lowest BCUT2D eigenvalue weighted by molar-refractivity contribution is -0.118. The Bertz CT molecular complexity index is 3800. The predicted octanol–water partition coefficient (Wildman–Crippen LogP) is 10.6. The number of carbonyl (C=O) groups excluding carboxylic acids is 4. The van der Waals surface area contributed by atoms with E-state index in [0.29, 0.717) is 95.6 Å². The van der Waals surface area contributed by atoms with Gasteiger partial charge in [-0.05, 0) is 111 Å². The smallest absolute Gasteiger partial charge is 0.426 e. The van der Waals surface area contributed by atoms with Gasteiger partial charge in [-0.25, -0.2) is 10.2 Å². The second kappa shape index (κ2) is 44.7. The van der Waals surface area contributed by atoms with Crippen LogP contribution in [0.25, 0.3) is 0 Å². The molecule has 0 heterocycles. The maximum absolute atomic E-state index is 14.9. The molecule has 7 rings (SSSR count). The molecule has 104 heavy (non-hydrogen) atoms. The van der Waals surface area contributed by atoms with Crippen molar-refractivity contribution in [2.24, 2.45) is 23.1 Å². The van der Waals surface area contributed by atoms with E-state index in [4.69, 9.17) is 50.4 Å². The molecule has 22 heteroatoms. The van der Waals surface area contributed by atoms with Gasteiger partial charge in [0.05, 0.1) is 16.8 Å². The van der Waals surface area contributed by atoms with Crippen LogP contribution in [-0.2, 0) is 68.1 Å². The lowest BCUT2D eigenvalue weighted by Gasteiger charge is -2.28. The van der Waals surface area contributed by atoms with Crippen LogP contribution >= 0.6 is 0 Å². The van der Waals surface area contributed by atoms with Gasteiger partial charge in [0.2, 0.25) is 0 Å². The van der Waals surface area contributed by atoms with Crippen LogP contribution in [0.4, 0.5) is 4.79 Å². The first kappa shape index (κ1) is 80.7. The molecule has 0 aliphatic heterocycles. The number of nitrogens with two attached hydrogens (primary N) is 3. The summed E-state index contributed by atoms with van der Waals surface area (Å²) < 4.78 is 43.9. The van der Waals surface area contributed by atoms with Crippen LogP contribution < -0.4 is 58.8 Å². The first-order chi connectivity index (χ1) is 50.5. The van der Waals surface area contributed by atoms with Crippen molar-refractivity contribution in [3.05, 3.63) is 286 Å². The van der Waals surface area contributed by atoms with Crippen molar-refractivity contribution in [1.29, 1.82) is 0 Å². The monoisotopic (exact) mass is 1420 g/mol. The van der Waals surface area contributed by atoms with Gasteiger partial charge in [-0.15, -0.1) is 0 Å². The first-order valence-corrected chi connectivity index (χ1v) is 35.4. The van der Waals surface area contributed by atoms with E-state index in [2.05, 4.69) is 55.1 Å². The average Bonchev–Trinajstić information content (AvgIpc) is 0.798. The third-order valence-electron chi connectivity index (χ3n) is 16.4. The summed E-state index contributed by atoms with van der Waals surface area (Å²) in [4.78, 5) is 60.9. The second-order valence-corrected chi connectivity index (χ2v) is 25.7. The third-order valence-corrected chi connectivity index (χ3v) is 16.4. The predicted molar refractivity (Wildman–Crippen MR) is 406 cm³/mol. The Morgan fingerprint density at radius 2 is 0.798 bits per heavy atom. The van der Waals surface area contributed by atoms with Gasteiger partial charge in [-0.2, -0.15) is 0 Å². The van der Waals surface area contributed by atoms with Gasteiger partial charge in [0.15, 0.2) is 34.5 Å². The highest BCUT2D eigenvalue weighted by Gasteiger charge is 2.28. The molecule has 554 valence electrons. The first-order valence-electron chi connectivity index (χ1n) is 35.4. The number of hydrogen-bond donors (Lipinski definition) is 9. The number of benzene rings is 7. The van der Waals surface area contributed by atoms with Crippen molar-refractivity contribution in [3.63, 3.8) is 0 Å². The lowest BCUT2D eigenvalue weighted by atomic mass is 9.97. The lowest BCUT2D eigenvalue weighted by Crippen LogP contribution is -2.45. The molecule has 0 atom stereocenters. The van der Waals surface area contributed by atoms with Gasteiger partial charge >= 0.3 is 6.09 Å². The number of rotatable bonds is 46. The highest BCUT2D eigenvalue weighted by atomic mass is 16.6. The van der Waals surface area contributed by atoms with E-state index in [1.165, 1.54) is 12.1 Å². The Morgan fingerprint density at radius 1 is 0.413 bits per heavy atom. The Balaban J connectivity index is 1.15. The number of carbonyl (C=O) groups is 4. The van der Waals surface area contributed by atoms with Crippen molar-refractivity contribution >= 4 is 23.8 Å². The summed E-state index contributed by atoms with van der Waals surface area (Å²) in [5, 5.41) is 13.3. The fraction of sp³-hybridized carbons (Fsp3) is 0.341. The molecular weight excluding hydrogens is 1310 g/mol. The molecule has 0 aromatic heterocycles. The van der Waals surface area contributed by atoms with E-state index in [0.717, 1.165) is 46.2 Å². The van der Waals surface area contributed by atoms with Crippen molar-refractivity contribution in [3.8, 4) is 11.5 Å². The third kappa shape index (κ3) is 29.0. The number of hydrogen-bond acceptors (Lipinski definition) is 18. The van der Waals surface area contributed by atoms with E-state index in [1.807, 2.05) is 189 Å². The van der Waals surface area contributed by atoms with Crippen molar-refractivity contribution in [2.75, 3.05) is 85.1 Å². The van der Waals surface area contributed by atoms with Gasteiger partial charge in [-0.1, -0.05) is 195 Å². The quantitative estimate of drug-likeness (QED) is 0.00742. The van der Waals surface area contributed by atoms with E-state index in [1.54, 1.807) is 20.8 Å². The molecule has 0 saturated carbocycles. The molecule has 0 aliphatic rings. The zero-order chi connectivity index (χ0) is 74.2. The second-order valence-electron chi connectivity index (χ2n) is 25.7. The van der Waals surface area contributed by atoms with Gasteiger partial charge in [0.25, 0.3) is 17.7 Å². The summed E-state index contributed by atoms with van der Waals surface area (Å²) in [5.74, 6) is -0.258. The van der Waals surface area contributed by atoms with Crippen LogP contribution in [0, 0.1) is 5.92 Å². The van der Waals surface area contributed by atoms with E-state index < -0.39 is 29.4 Å². The number of nitrogens with one attached hydrogen (secondary N) is 6. The minimum absolute atomic E-state index is 0.00185. The van der Waals surface area contributed by atoms with Crippen LogP contribution in [0.5, 0.6) is 11.5 Å². The van der Waals surface area contributed by atoms with Gasteiger partial charge in [-0.3, -0.25) is 29.6 Å². The summed E-state index contributed by atoms with van der Waals surface area (Å²) in [6.07, 6.45) is 1.39. The van der Waals surface area contributed by atoms with Gasteiger partial charge in [0.1, 0.15) is 50.9 Å². The maximum atomic E-state index is 14.9. The Kier molecular flexibility index (Phi) is 34.7. The minimum atomic E-state index is -0.879. The highest BCUT2D eigenvalue weighted by Crippen LogP contribution is 2.37. The minimum Gasteiger partial charge on any atom is -0.486 e. The zero-order valence-electron chi connectivity index (χ0n) is 60.6. The molecule has 0 spiro atoms. The number of allylic oxidation sites excluding steroid dienone is 1. The van der Waals surface area contributed by atoms with Gasteiger partial charge < -0.3 is 71.6 Å². The van der Waals surface area contributed by atoms with E-state index in [9.17, 15) is 19.2 Å². The van der Waals surface area contributed by atoms with E-state index in [-0.39, 0.29) is 98.5 Å². The summed E-state index contributed by atoms with van der Waals surface area (Å²) in [5.41, 5.74) is 28.6. The molecule has 0 bridgehead atoms. The molecule has 0 aliphatic carbocycles. The standard InChI is InChI=1S/C82H105N11O11/c1-61(74(100-57-67-29-17-9-18-30-67)62(2)98-55-65-25-13-7-14-26-65)86-46-50-93(52-47-88-78(94)71-37-38-72(79(95)90-91-81(97)104-82(4,5)6)77(103-60-70-35-23-12-24-36-70)76(71)102-59-69-33-21-11-22-34-69)54-53-92(49-44-85)51-48-89-80(96)73(87-45-41-64(39-42-83)40-43-84)75(101-58-68-31-19-10-20-32-68)63(3)99-56-66-27-15-8-16-28-66/h7-38,64,86-87H,2-3,39-60,83-85H2,1,4-6H3,(H,88,94)(H,89,96)(H,90,95)(H,91,97)/b74-61-,75-73+. The normalized spacial score (nSPS) is 11.7. The Hall–Kier alpha value is -10.6. The fourth-order valence-electron chi connectivity index (χ4n) is 10.9. The Labute approximate surface area is 613 Å². The van der Waals surface area contributed by atoms with Crippen LogP contribution in [-0.4, -0.2) is 124 Å². The number of ether oxygens (including phenoxy) is 7. The highest BCUT2D eigenvalue weighted by molar-refractivity contribution is 6.03. The molecule has 0 fully saturated rings. The summed E-state index contributed by atoms with van der Waals surface area (Å²) in [7, 11) is 0. The molecular formula is C82H105N11O11. The van der Waals surface area contributed by atoms with E-state index >= 15 is 0 Å². The molecule has 4 amide bonds. The molecule has 22 nitrogen and oxygen atoms in total. The molecule has 0 radical (unpaired) electrons. The topological polar surface area (TPSA) is 290 Å². The Morgan fingerprint density at radius 3 is 1.23 bits per heavy atom. The number of amides is 4. The fourth-order valence-corrected chi connectivity index (χ4v) is 10.9. The molecule has 0 unspecified atom stereocenters. The SMILES string of the molecule is C=C(OCc1ccccc1)/C(OCc1ccccc1)=C(\C)NCCN(CCNC(=O)c1ccc(C(=O)NNC(=O)OC(C)(C)C)c(OCc2ccccc2)c1OCc1ccccc1)CCN(CCN)CCNC(=O)/C(NCCC(CCN)CCN)=C(\OCc1ccccc1)C(=C)OCc1ccccc1. The summed E-state index contributed by atoms with van der Waals surface area (Å²) >= 11 is 0. The average molecular weight is 1420 g/mol. The van der Waals surface area contributed by atoms with Crippen LogP contribution in [0.2, 0.25) is 0 Å².